The first-order chi connectivity index (χ1) is 12.9. The number of carbonyl (C=O) groups is 1. The topological polar surface area (TPSA) is 78.5 Å². The monoisotopic (exact) mass is 431 g/mol. The second-order valence-electron chi connectivity index (χ2n) is 6.35. The number of amides is 1. The standard InChI is InChI=1S/C19H18BrN3O4/c1-10-6-13(12(3)23(10)18-7-11(2)27-22-18)19(24)21-15-9-17-16(8-14(15)20)25-4-5-26-17/h6-9H,4-5H2,1-3H3,(H,21,24). The Morgan fingerprint density at radius 3 is 2.48 bits per heavy atom. The molecule has 140 valence electrons. The van der Waals surface area contributed by atoms with Crippen LogP contribution in [0.2, 0.25) is 0 Å². The molecule has 1 N–H and O–H groups in total. The van der Waals surface area contributed by atoms with Crippen LogP contribution in [-0.4, -0.2) is 28.8 Å². The van der Waals surface area contributed by atoms with Crippen LogP contribution in [0.3, 0.4) is 0 Å². The minimum atomic E-state index is -0.216. The maximum atomic E-state index is 12.9. The molecule has 27 heavy (non-hydrogen) atoms. The summed E-state index contributed by atoms with van der Waals surface area (Å²) < 4.78 is 18.9. The summed E-state index contributed by atoms with van der Waals surface area (Å²) in [5, 5.41) is 6.98. The van der Waals surface area contributed by atoms with E-state index in [0.717, 1.165) is 15.9 Å². The molecule has 1 amide bonds. The van der Waals surface area contributed by atoms with Crippen LogP contribution in [0.25, 0.3) is 5.82 Å². The van der Waals surface area contributed by atoms with E-state index >= 15 is 0 Å². The summed E-state index contributed by atoms with van der Waals surface area (Å²) in [7, 11) is 0. The summed E-state index contributed by atoms with van der Waals surface area (Å²) in [4.78, 5) is 12.9. The Balaban J connectivity index is 1.65. The molecule has 1 aliphatic heterocycles. The van der Waals surface area contributed by atoms with Gasteiger partial charge in [-0.15, -0.1) is 0 Å². The van der Waals surface area contributed by atoms with Crippen molar-refractivity contribution >= 4 is 27.5 Å². The van der Waals surface area contributed by atoms with Crippen LogP contribution in [0, 0.1) is 20.8 Å². The molecule has 3 heterocycles. The lowest BCUT2D eigenvalue weighted by Crippen LogP contribution is -2.17. The van der Waals surface area contributed by atoms with Gasteiger partial charge in [0, 0.05) is 34.1 Å². The number of ether oxygens (including phenoxy) is 2. The smallest absolute Gasteiger partial charge is 0.257 e. The lowest BCUT2D eigenvalue weighted by molar-refractivity contribution is 0.102. The highest BCUT2D eigenvalue weighted by Gasteiger charge is 2.21. The summed E-state index contributed by atoms with van der Waals surface area (Å²) in [6.07, 6.45) is 0. The normalized spacial score (nSPS) is 12.9. The fourth-order valence-electron chi connectivity index (χ4n) is 3.15. The molecule has 8 heteroatoms. The summed E-state index contributed by atoms with van der Waals surface area (Å²) in [6, 6.07) is 7.22. The number of aromatic nitrogens is 2. The number of benzene rings is 1. The van der Waals surface area contributed by atoms with Gasteiger partial charge in [0.2, 0.25) is 0 Å². The third-order valence-electron chi connectivity index (χ3n) is 4.40. The van der Waals surface area contributed by atoms with Gasteiger partial charge in [0.1, 0.15) is 19.0 Å². The van der Waals surface area contributed by atoms with E-state index < -0.39 is 0 Å². The maximum absolute atomic E-state index is 12.9. The Morgan fingerprint density at radius 2 is 1.81 bits per heavy atom. The number of hydrogen-bond acceptors (Lipinski definition) is 5. The fourth-order valence-corrected chi connectivity index (χ4v) is 3.57. The number of anilines is 1. The Kier molecular flexibility index (Phi) is 4.43. The number of nitrogens with zero attached hydrogens (tertiary/aromatic N) is 2. The van der Waals surface area contributed by atoms with Gasteiger partial charge in [-0.1, -0.05) is 5.16 Å². The lowest BCUT2D eigenvalue weighted by Gasteiger charge is -2.20. The van der Waals surface area contributed by atoms with Gasteiger partial charge in [-0.2, -0.15) is 0 Å². The minimum Gasteiger partial charge on any atom is -0.486 e. The molecule has 0 saturated heterocycles. The van der Waals surface area contributed by atoms with Crippen molar-refractivity contribution in [2.75, 3.05) is 18.5 Å². The molecular weight excluding hydrogens is 414 g/mol. The molecule has 4 rings (SSSR count). The summed E-state index contributed by atoms with van der Waals surface area (Å²) in [6.45, 7) is 6.63. The van der Waals surface area contributed by atoms with Gasteiger partial charge in [-0.25, -0.2) is 0 Å². The number of halogens is 1. The van der Waals surface area contributed by atoms with E-state index in [4.69, 9.17) is 14.0 Å². The molecule has 0 atom stereocenters. The van der Waals surface area contributed by atoms with Crippen LogP contribution in [0.15, 0.2) is 33.3 Å². The van der Waals surface area contributed by atoms with Crippen LogP contribution in [0.1, 0.15) is 27.5 Å². The van der Waals surface area contributed by atoms with Crippen LogP contribution < -0.4 is 14.8 Å². The first-order valence-electron chi connectivity index (χ1n) is 8.47. The van der Waals surface area contributed by atoms with Crippen LogP contribution in [-0.2, 0) is 0 Å². The van der Waals surface area contributed by atoms with E-state index in [2.05, 4.69) is 26.4 Å². The Bertz CT molecular complexity index is 1040. The van der Waals surface area contributed by atoms with Crippen molar-refractivity contribution < 1.29 is 18.8 Å². The number of fused-ring (bicyclic) bond motifs is 1. The van der Waals surface area contributed by atoms with Crippen molar-refractivity contribution in [3.05, 3.63) is 51.4 Å². The molecule has 0 bridgehead atoms. The number of carbonyl (C=O) groups excluding carboxylic acids is 1. The molecule has 0 aliphatic carbocycles. The van der Waals surface area contributed by atoms with E-state index in [-0.39, 0.29) is 5.91 Å². The van der Waals surface area contributed by atoms with E-state index in [0.29, 0.717) is 47.5 Å². The molecule has 1 aromatic carbocycles. The lowest BCUT2D eigenvalue weighted by atomic mass is 10.2. The zero-order chi connectivity index (χ0) is 19.1. The molecular formula is C19H18BrN3O4. The van der Waals surface area contributed by atoms with Crippen molar-refractivity contribution in [3.63, 3.8) is 0 Å². The number of hydrogen-bond donors (Lipinski definition) is 1. The number of aryl methyl sites for hydroxylation is 2. The van der Waals surface area contributed by atoms with E-state index in [1.54, 1.807) is 12.1 Å². The molecule has 0 radical (unpaired) electrons. The average Bonchev–Trinajstić information content (AvgIpc) is 3.18. The Hall–Kier alpha value is -2.74. The Labute approximate surface area is 164 Å². The fraction of sp³-hybridized carbons (Fsp3) is 0.263. The summed E-state index contributed by atoms with van der Waals surface area (Å²) in [5.41, 5.74) is 2.86. The summed E-state index contributed by atoms with van der Waals surface area (Å²) >= 11 is 3.48. The predicted octanol–water partition coefficient (Wildman–Crippen LogP) is 4.18. The first kappa shape index (κ1) is 17.7. The van der Waals surface area contributed by atoms with Gasteiger partial charge in [-0.3, -0.25) is 9.36 Å². The number of rotatable bonds is 3. The van der Waals surface area contributed by atoms with E-state index in [1.165, 1.54) is 0 Å². The van der Waals surface area contributed by atoms with Crippen molar-refractivity contribution in [1.29, 1.82) is 0 Å². The maximum Gasteiger partial charge on any atom is 0.257 e. The highest BCUT2D eigenvalue weighted by Crippen LogP contribution is 2.38. The van der Waals surface area contributed by atoms with Crippen LogP contribution in [0.5, 0.6) is 11.5 Å². The van der Waals surface area contributed by atoms with Gasteiger partial charge in [0.25, 0.3) is 5.91 Å². The number of nitrogens with one attached hydrogen (secondary N) is 1. The van der Waals surface area contributed by atoms with Crippen molar-refractivity contribution in [3.8, 4) is 17.3 Å². The molecule has 3 aromatic rings. The SMILES string of the molecule is Cc1cc(-n2c(C)cc(C(=O)Nc3cc4c(cc3Br)OCCO4)c2C)no1. The molecule has 1 aliphatic rings. The molecule has 0 fully saturated rings. The first-order valence-corrected chi connectivity index (χ1v) is 9.26. The third-order valence-corrected chi connectivity index (χ3v) is 5.06. The minimum absolute atomic E-state index is 0.216. The van der Waals surface area contributed by atoms with Gasteiger partial charge >= 0.3 is 0 Å². The van der Waals surface area contributed by atoms with Gasteiger partial charge in [0.15, 0.2) is 17.3 Å². The zero-order valence-corrected chi connectivity index (χ0v) is 16.7. The second-order valence-corrected chi connectivity index (χ2v) is 7.20. The quantitative estimate of drug-likeness (QED) is 0.672. The molecule has 0 unspecified atom stereocenters. The van der Waals surface area contributed by atoms with Crippen molar-refractivity contribution in [2.24, 2.45) is 0 Å². The van der Waals surface area contributed by atoms with Gasteiger partial charge < -0.3 is 19.3 Å². The van der Waals surface area contributed by atoms with Gasteiger partial charge in [0.05, 0.1) is 11.3 Å². The van der Waals surface area contributed by atoms with E-state index in [1.807, 2.05) is 37.5 Å². The van der Waals surface area contributed by atoms with Crippen molar-refractivity contribution in [1.82, 2.24) is 9.72 Å². The molecule has 0 saturated carbocycles. The zero-order valence-electron chi connectivity index (χ0n) is 15.1. The largest absolute Gasteiger partial charge is 0.486 e. The van der Waals surface area contributed by atoms with Crippen LogP contribution in [0.4, 0.5) is 5.69 Å². The van der Waals surface area contributed by atoms with Gasteiger partial charge in [-0.05, 0) is 42.8 Å². The molecule has 2 aromatic heterocycles. The third kappa shape index (κ3) is 3.21. The second kappa shape index (κ2) is 6.77. The molecule has 7 nitrogen and oxygen atoms in total. The highest BCUT2D eigenvalue weighted by molar-refractivity contribution is 9.10. The Morgan fingerprint density at radius 1 is 1.11 bits per heavy atom. The van der Waals surface area contributed by atoms with Crippen LogP contribution >= 0.6 is 15.9 Å². The summed E-state index contributed by atoms with van der Waals surface area (Å²) in [5.74, 6) is 2.42. The predicted molar refractivity (Wildman–Crippen MR) is 103 cm³/mol. The highest BCUT2D eigenvalue weighted by atomic mass is 79.9. The van der Waals surface area contributed by atoms with E-state index in [9.17, 15) is 4.79 Å². The molecule has 0 spiro atoms. The van der Waals surface area contributed by atoms with Crippen molar-refractivity contribution in [2.45, 2.75) is 20.8 Å². The average molecular weight is 432 g/mol.